The number of rotatable bonds is 1. The highest BCUT2D eigenvalue weighted by molar-refractivity contribution is 5.91. The number of nitrogens with one attached hydrogen (secondary N) is 5. The van der Waals surface area contributed by atoms with Crippen LogP contribution in [-0.4, -0.2) is 150 Å². The van der Waals surface area contributed by atoms with Gasteiger partial charge in [-0.1, -0.05) is 18.2 Å². The van der Waals surface area contributed by atoms with Crippen LogP contribution >= 0.6 is 0 Å². The number of aryl methyl sites for hydroxylation is 3. The van der Waals surface area contributed by atoms with Crippen LogP contribution in [0.3, 0.4) is 0 Å². The Hall–Kier alpha value is -7.15. The smallest absolute Gasteiger partial charge is 0.417 e. The summed E-state index contributed by atoms with van der Waals surface area (Å²) in [5, 5.41) is 5.34. The summed E-state index contributed by atoms with van der Waals surface area (Å²) in [7, 11) is 12.8. The maximum Gasteiger partial charge on any atom is 0.417 e. The molecule has 1 aliphatic carbocycles. The molecule has 10 heterocycles. The minimum absolute atomic E-state index is 0.340. The maximum absolute atomic E-state index is 13.3. The number of benzene rings is 5. The van der Waals surface area contributed by atoms with Crippen LogP contribution in [0.5, 0.6) is 11.5 Å². The van der Waals surface area contributed by atoms with Crippen LogP contribution in [0.2, 0.25) is 0 Å². The van der Waals surface area contributed by atoms with Crippen LogP contribution in [0, 0.1) is 32.4 Å². The topological polar surface area (TPSA) is 114 Å². The lowest BCUT2D eigenvalue weighted by Crippen LogP contribution is -2.28. The lowest BCUT2D eigenvalue weighted by Gasteiger charge is -2.22. The van der Waals surface area contributed by atoms with E-state index in [2.05, 4.69) is 147 Å². The molecule has 5 N–H and O–H groups in total. The molecule has 0 saturated carbocycles. The molecule has 10 aromatic rings. The summed E-state index contributed by atoms with van der Waals surface area (Å²) in [6, 6.07) is 23.7. The number of hydrogen-bond acceptors (Lipinski definition) is 7. The summed E-state index contributed by atoms with van der Waals surface area (Å²) in [6.07, 6.45) is 4.70. The highest BCUT2D eigenvalue weighted by Crippen LogP contribution is 2.41. The van der Waals surface area contributed by atoms with E-state index in [0.717, 1.165) is 129 Å². The van der Waals surface area contributed by atoms with Crippen molar-refractivity contribution in [2.75, 3.05) is 94.9 Å². The average molecular weight is 1180 g/mol. The number of likely N-dealkylation sites (N-methyl/N-ethyl adjacent to an activating group) is 5. The number of aromatic amines is 5. The normalized spacial score (nSPS) is 18.0. The van der Waals surface area contributed by atoms with E-state index in [9.17, 15) is 22.0 Å². The number of ether oxygens (including phenoxy) is 2. The van der Waals surface area contributed by atoms with Gasteiger partial charge in [0.15, 0.2) is 23.1 Å². The molecule has 0 spiro atoms. The van der Waals surface area contributed by atoms with Gasteiger partial charge in [0.05, 0.1) is 5.56 Å². The van der Waals surface area contributed by atoms with E-state index in [1.807, 2.05) is 13.1 Å². The van der Waals surface area contributed by atoms with Crippen LogP contribution < -0.4 is 9.47 Å². The number of aromatic nitrogens is 5. The van der Waals surface area contributed by atoms with Gasteiger partial charge in [-0.15, -0.1) is 0 Å². The van der Waals surface area contributed by atoms with Gasteiger partial charge in [0.2, 0.25) is 6.79 Å². The molecule has 12 nitrogen and oxygen atoms in total. The van der Waals surface area contributed by atoms with Gasteiger partial charge >= 0.3 is 6.18 Å². The van der Waals surface area contributed by atoms with Gasteiger partial charge in [0.1, 0.15) is 0 Å². The number of H-pyrrole nitrogens is 5. The highest BCUT2D eigenvalue weighted by atomic mass is 19.4. The molecule has 5 aromatic carbocycles. The lowest BCUT2D eigenvalue weighted by atomic mass is 10.00. The molecule has 1 atom stereocenters. The minimum atomic E-state index is -4.31. The number of halogens is 5. The second-order valence-electron chi connectivity index (χ2n) is 25.2. The average Bonchev–Trinajstić information content (AvgIpc) is 3.07. The third-order valence-electron chi connectivity index (χ3n) is 18.8. The standard InChI is InChI=1S/C15H17F3N2.C15H20N2.C13H14F2N2.C13H14N2O2.C13H16N2/c1-9-7-11(15(16,17)18)14-10-3-5-20(2)6-4-12(10)19-13(14)8-9;1-10-8-13-12-4-6-17(3)7-5-14(12)16-15(13)9-11(10)2;1-17-4-2-8-9-6-10(14)11(15)7-13(9)16-12(8)3-5-17;1-15-3-2-8-9-4-12-13(17-7-16-12)5-10(9)14-11(8)6-15;1-15(2)9-7-11-10-5-3-4-6-12(10)14-13(11)8-9/h7-8,19H,3-6H2,1-2H3;8-9,16H,4-7H2,1-3H3;6-7,16H,2-5H2,1H3;4-5,14H,2-3,6-7H2,1H3;3-6,9,14H,7-8H2,1-2H3. The predicted molar refractivity (Wildman–Crippen MR) is 336 cm³/mol. The minimum Gasteiger partial charge on any atom is -0.454 e. The first-order chi connectivity index (χ1) is 41.2. The molecular weight excluding hydrogens is 1100 g/mol. The van der Waals surface area contributed by atoms with Crippen LogP contribution in [0.25, 0.3) is 54.5 Å². The molecule has 0 fully saturated rings. The number of para-hydroxylation sites is 1. The first kappa shape index (κ1) is 59.2. The molecule has 0 radical (unpaired) electrons. The molecular formula is C69H81F5N10O2. The highest BCUT2D eigenvalue weighted by Gasteiger charge is 2.35. The second-order valence-corrected chi connectivity index (χ2v) is 25.2. The van der Waals surface area contributed by atoms with Gasteiger partial charge in [-0.3, -0.25) is 0 Å². The molecule has 17 heteroatoms. The molecule has 0 amide bonds. The van der Waals surface area contributed by atoms with Gasteiger partial charge < -0.3 is 58.9 Å². The summed E-state index contributed by atoms with van der Waals surface area (Å²) in [5.74, 6) is 0.172. The van der Waals surface area contributed by atoms with Crippen molar-refractivity contribution < 1.29 is 31.4 Å². The Morgan fingerprint density at radius 1 is 0.465 bits per heavy atom. The van der Waals surface area contributed by atoms with E-state index in [-0.39, 0.29) is 0 Å². The first-order valence-electron chi connectivity index (χ1n) is 30.4. The zero-order chi connectivity index (χ0) is 60.3. The van der Waals surface area contributed by atoms with Crippen molar-refractivity contribution in [1.82, 2.24) is 49.4 Å². The van der Waals surface area contributed by atoms with Crippen LogP contribution in [-0.2, 0) is 70.5 Å². The summed E-state index contributed by atoms with van der Waals surface area (Å²) in [5.41, 5.74) is 20.8. The Kier molecular flexibility index (Phi) is 16.7. The Morgan fingerprint density at radius 3 is 1.60 bits per heavy atom. The van der Waals surface area contributed by atoms with E-state index in [1.165, 1.54) is 104 Å². The SMILES string of the molecule is CN(C)C1Cc2[nH]c3ccccc3c2C1.CN1CCc2[nH]c3cc(F)c(F)cc3c2CC1.CN1CCc2c([nH]c3cc4c(cc23)OCO4)C1.Cc1cc(C(F)(F)F)c2c3c([nH]c2c1)CCN(C)CC3.Cc1cc2[nH]c3c(c2cc1C)CCN(C)CC3. The predicted octanol–water partition coefficient (Wildman–Crippen LogP) is 12.9. The fourth-order valence-corrected chi connectivity index (χ4v) is 13.7. The number of alkyl halides is 3. The Labute approximate surface area is 500 Å². The number of hydrogen-bond donors (Lipinski definition) is 5. The quantitative estimate of drug-likeness (QED) is 0.104. The van der Waals surface area contributed by atoms with Gasteiger partial charge in [0, 0.05) is 179 Å². The van der Waals surface area contributed by atoms with Gasteiger partial charge in [-0.25, -0.2) is 8.78 Å². The molecule has 86 heavy (non-hydrogen) atoms. The molecule has 5 aliphatic heterocycles. The molecule has 6 aliphatic rings. The van der Waals surface area contributed by atoms with E-state index in [0.29, 0.717) is 41.2 Å². The Balaban J connectivity index is 0.000000105. The largest absolute Gasteiger partial charge is 0.454 e. The first-order valence-corrected chi connectivity index (χ1v) is 30.4. The molecule has 5 aromatic heterocycles. The van der Waals surface area contributed by atoms with Crippen molar-refractivity contribution in [3.63, 3.8) is 0 Å². The van der Waals surface area contributed by atoms with Gasteiger partial charge in [-0.05, 0) is 182 Å². The second kappa shape index (κ2) is 24.2. The third-order valence-corrected chi connectivity index (χ3v) is 18.8. The molecule has 0 saturated heterocycles. The van der Waals surface area contributed by atoms with E-state index in [4.69, 9.17) is 9.47 Å². The Bertz CT molecular complexity index is 4020. The fraction of sp³-hybridized carbons (Fsp3) is 0.420. The van der Waals surface area contributed by atoms with Crippen molar-refractivity contribution in [1.29, 1.82) is 0 Å². The summed E-state index contributed by atoms with van der Waals surface area (Å²) in [4.78, 5) is 28.5. The fourth-order valence-electron chi connectivity index (χ4n) is 13.7. The van der Waals surface area contributed by atoms with Gasteiger partial charge in [-0.2, -0.15) is 13.2 Å². The van der Waals surface area contributed by atoms with Crippen molar-refractivity contribution >= 4 is 54.5 Å². The number of fused-ring (bicyclic) bond motifs is 16. The van der Waals surface area contributed by atoms with Crippen LogP contribution in [0.15, 0.2) is 72.8 Å². The Morgan fingerprint density at radius 2 is 0.953 bits per heavy atom. The van der Waals surface area contributed by atoms with Crippen LogP contribution in [0.4, 0.5) is 22.0 Å². The summed E-state index contributed by atoms with van der Waals surface area (Å²) in [6.45, 7) is 14.5. The zero-order valence-electron chi connectivity index (χ0n) is 51.2. The molecule has 1 unspecified atom stereocenters. The summed E-state index contributed by atoms with van der Waals surface area (Å²) >= 11 is 0. The molecule has 454 valence electrons. The summed E-state index contributed by atoms with van der Waals surface area (Å²) < 4.78 is 77.2. The third kappa shape index (κ3) is 12.1. The van der Waals surface area contributed by atoms with E-state index < -0.39 is 23.4 Å². The van der Waals surface area contributed by atoms with Crippen molar-refractivity contribution in [3.8, 4) is 11.5 Å². The van der Waals surface area contributed by atoms with Crippen molar-refractivity contribution in [3.05, 3.63) is 163 Å². The maximum atomic E-state index is 13.3. The number of nitrogens with zero attached hydrogens (tertiary/aromatic N) is 5. The molecule has 16 rings (SSSR count). The van der Waals surface area contributed by atoms with Crippen molar-refractivity contribution in [2.45, 2.75) is 97.3 Å². The van der Waals surface area contributed by atoms with E-state index in [1.54, 1.807) is 12.5 Å². The lowest BCUT2D eigenvalue weighted by molar-refractivity contribution is -0.136. The molecule has 0 bridgehead atoms. The van der Waals surface area contributed by atoms with Gasteiger partial charge in [0.25, 0.3) is 0 Å². The van der Waals surface area contributed by atoms with Crippen molar-refractivity contribution in [2.24, 2.45) is 0 Å². The zero-order valence-corrected chi connectivity index (χ0v) is 51.2. The monoisotopic (exact) mass is 1180 g/mol. The van der Waals surface area contributed by atoms with Crippen LogP contribution in [0.1, 0.15) is 78.5 Å². The van der Waals surface area contributed by atoms with E-state index >= 15 is 0 Å².